The van der Waals surface area contributed by atoms with Crippen LogP contribution in [0.5, 0.6) is 17.2 Å². The Labute approximate surface area is 173 Å². The van der Waals surface area contributed by atoms with E-state index < -0.39 is 0 Å². The minimum atomic E-state index is -0.258. The average molecular weight is 413 g/mol. The Morgan fingerprint density at radius 1 is 0.966 bits per heavy atom. The fraction of sp³-hybridized carbons (Fsp3) is 0.238. The average Bonchev–Trinajstić information content (AvgIpc) is 3.07. The molecule has 0 unspecified atom stereocenters. The van der Waals surface area contributed by atoms with Crippen molar-refractivity contribution in [1.29, 1.82) is 0 Å². The first-order valence-electron chi connectivity index (χ1n) is 8.87. The highest BCUT2D eigenvalue weighted by Gasteiger charge is 2.18. The van der Waals surface area contributed by atoms with Crippen LogP contribution >= 0.6 is 11.3 Å². The lowest BCUT2D eigenvalue weighted by Gasteiger charge is -2.14. The summed E-state index contributed by atoms with van der Waals surface area (Å²) in [5, 5.41) is 6.78. The number of thiazole rings is 1. The van der Waals surface area contributed by atoms with Gasteiger partial charge in [0.2, 0.25) is 5.75 Å². The van der Waals surface area contributed by atoms with E-state index in [1.54, 1.807) is 12.1 Å². The van der Waals surface area contributed by atoms with Crippen molar-refractivity contribution in [2.75, 3.05) is 32.0 Å². The van der Waals surface area contributed by atoms with Crippen molar-refractivity contribution in [2.24, 2.45) is 0 Å². The summed E-state index contributed by atoms with van der Waals surface area (Å²) in [6, 6.07) is 11.3. The molecule has 0 atom stereocenters. The summed E-state index contributed by atoms with van der Waals surface area (Å²) in [5.74, 6) is 1.13. The number of carbonyl (C=O) groups excluding carboxylic acids is 1. The van der Waals surface area contributed by atoms with Gasteiger partial charge in [-0.05, 0) is 31.5 Å². The molecule has 152 valence electrons. The van der Waals surface area contributed by atoms with Gasteiger partial charge in [0.25, 0.3) is 5.91 Å². The molecule has 0 radical (unpaired) electrons. The first-order chi connectivity index (χ1) is 13.9. The lowest BCUT2D eigenvalue weighted by Crippen LogP contribution is -2.12. The number of ether oxygens (including phenoxy) is 3. The highest BCUT2D eigenvalue weighted by atomic mass is 32.1. The zero-order chi connectivity index (χ0) is 21.0. The van der Waals surface area contributed by atoms with Gasteiger partial charge in [-0.3, -0.25) is 4.79 Å². The zero-order valence-corrected chi connectivity index (χ0v) is 17.8. The predicted molar refractivity (Wildman–Crippen MR) is 115 cm³/mol. The van der Waals surface area contributed by atoms with Gasteiger partial charge in [0, 0.05) is 23.5 Å². The number of aromatic nitrogens is 1. The highest BCUT2D eigenvalue weighted by molar-refractivity contribution is 7.17. The third-order valence-electron chi connectivity index (χ3n) is 4.19. The highest BCUT2D eigenvalue weighted by Crippen LogP contribution is 2.40. The third-order valence-corrected chi connectivity index (χ3v) is 5.27. The lowest BCUT2D eigenvalue weighted by atomic mass is 10.2. The van der Waals surface area contributed by atoms with Crippen molar-refractivity contribution in [1.82, 2.24) is 4.98 Å². The molecule has 0 fully saturated rings. The van der Waals surface area contributed by atoms with Gasteiger partial charge in [-0.1, -0.05) is 23.5 Å². The number of rotatable bonds is 7. The van der Waals surface area contributed by atoms with Crippen molar-refractivity contribution in [3.05, 3.63) is 52.5 Å². The van der Waals surface area contributed by atoms with Crippen LogP contribution in [0.3, 0.4) is 0 Å². The largest absolute Gasteiger partial charge is 0.493 e. The maximum atomic E-state index is 12.8. The summed E-state index contributed by atoms with van der Waals surface area (Å²) in [5.41, 5.74) is 3.25. The van der Waals surface area contributed by atoms with Gasteiger partial charge >= 0.3 is 0 Å². The Balaban J connectivity index is 1.82. The molecule has 3 rings (SSSR count). The molecule has 0 aliphatic carbocycles. The standard InChI is InChI=1S/C21H23N3O4S/c1-12-7-6-8-14(9-12)24-21-22-13(2)19(29-21)20(25)23-15-10-16(26-3)18(28-5)17(11-15)27-4/h6-11H,1-5H3,(H,22,24)(H,23,25). The fourth-order valence-electron chi connectivity index (χ4n) is 2.85. The first-order valence-corrected chi connectivity index (χ1v) is 9.69. The second kappa shape index (κ2) is 8.83. The van der Waals surface area contributed by atoms with Gasteiger partial charge in [0.05, 0.1) is 27.0 Å². The molecule has 0 aliphatic heterocycles. The zero-order valence-electron chi connectivity index (χ0n) is 17.0. The minimum Gasteiger partial charge on any atom is -0.493 e. The molecule has 8 heteroatoms. The molecular formula is C21H23N3O4S. The molecule has 0 spiro atoms. The summed E-state index contributed by atoms with van der Waals surface area (Å²) in [4.78, 5) is 17.8. The van der Waals surface area contributed by atoms with Gasteiger partial charge in [-0.15, -0.1) is 0 Å². The van der Waals surface area contributed by atoms with E-state index in [2.05, 4.69) is 15.6 Å². The molecule has 7 nitrogen and oxygen atoms in total. The van der Waals surface area contributed by atoms with Crippen LogP contribution in [0.4, 0.5) is 16.5 Å². The van der Waals surface area contributed by atoms with E-state index in [-0.39, 0.29) is 5.91 Å². The number of carbonyl (C=O) groups is 1. The SMILES string of the molecule is COc1cc(NC(=O)c2sc(Nc3cccc(C)c3)nc2C)cc(OC)c1OC. The molecule has 0 bridgehead atoms. The molecule has 0 saturated heterocycles. The second-order valence-corrected chi connectivity index (χ2v) is 7.30. The number of benzene rings is 2. The summed E-state index contributed by atoms with van der Waals surface area (Å²) in [6.45, 7) is 3.83. The van der Waals surface area contributed by atoms with Crippen LogP contribution in [0.1, 0.15) is 20.9 Å². The van der Waals surface area contributed by atoms with Crippen molar-refractivity contribution >= 4 is 33.8 Å². The van der Waals surface area contributed by atoms with Gasteiger partial charge < -0.3 is 24.8 Å². The number of hydrogen-bond donors (Lipinski definition) is 2. The molecule has 29 heavy (non-hydrogen) atoms. The van der Waals surface area contributed by atoms with Gasteiger partial charge in [0.1, 0.15) is 4.88 Å². The topological polar surface area (TPSA) is 81.7 Å². The van der Waals surface area contributed by atoms with Crippen LogP contribution in [-0.2, 0) is 0 Å². The Bertz CT molecular complexity index is 1010. The number of nitrogens with one attached hydrogen (secondary N) is 2. The molecule has 1 heterocycles. The van der Waals surface area contributed by atoms with Crippen molar-refractivity contribution in [2.45, 2.75) is 13.8 Å². The predicted octanol–water partition coefficient (Wildman–Crippen LogP) is 4.78. The van der Waals surface area contributed by atoms with Crippen molar-refractivity contribution in [3.63, 3.8) is 0 Å². The molecule has 2 aromatic carbocycles. The summed E-state index contributed by atoms with van der Waals surface area (Å²) < 4.78 is 16.0. The van der Waals surface area contributed by atoms with E-state index in [1.165, 1.54) is 32.7 Å². The molecule has 1 aromatic heterocycles. The van der Waals surface area contributed by atoms with Gasteiger partial charge in [0.15, 0.2) is 16.6 Å². The molecule has 1 amide bonds. The van der Waals surface area contributed by atoms with Crippen LogP contribution < -0.4 is 24.8 Å². The molecule has 3 aromatic rings. The van der Waals surface area contributed by atoms with E-state index in [4.69, 9.17) is 14.2 Å². The molecule has 0 aliphatic rings. The Hall–Kier alpha value is -3.26. The maximum absolute atomic E-state index is 12.8. The molecule has 0 saturated carbocycles. The number of hydrogen-bond acceptors (Lipinski definition) is 7. The Morgan fingerprint density at radius 3 is 2.24 bits per heavy atom. The van der Waals surface area contributed by atoms with Crippen LogP contribution in [0.25, 0.3) is 0 Å². The monoisotopic (exact) mass is 413 g/mol. The Kier molecular flexibility index (Phi) is 6.23. The lowest BCUT2D eigenvalue weighted by molar-refractivity contribution is 0.103. The van der Waals surface area contributed by atoms with Crippen molar-refractivity contribution < 1.29 is 19.0 Å². The van der Waals surface area contributed by atoms with E-state index in [0.29, 0.717) is 38.6 Å². The number of aryl methyl sites for hydroxylation is 2. The fourth-order valence-corrected chi connectivity index (χ4v) is 3.73. The van der Waals surface area contributed by atoms with Gasteiger partial charge in [-0.25, -0.2) is 4.98 Å². The number of amides is 1. The summed E-state index contributed by atoms with van der Waals surface area (Å²) in [7, 11) is 4.58. The minimum absolute atomic E-state index is 0.258. The van der Waals surface area contributed by atoms with E-state index >= 15 is 0 Å². The summed E-state index contributed by atoms with van der Waals surface area (Å²) >= 11 is 1.29. The van der Waals surface area contributed by atoms with Crippen molar-refractivity contribution in [3.8, 4) is 17.2 Å². The number of nitrogens with zero attached hydrogens (tertiary/aromatic N) is 1. The summed E-state index contributed by atoms with van der Waals surface area (Å²) in [6.07, 6.45) is 0. The van der Waals surface area contributed by atoms with Crippen LogP contribution in [0, 0.1) is 13.8 Å². The number of methoxy groups -OCH3 is 3. The Morgan fingerprint density at radius 2 is 1.66 bits per heavy atom. The van der Waals surface area contributed by atoms with Crippen LogP contribution in [0.2, 0.25) is 0 Å². The number of anilines is 3. The first kappa shape index (κ1) is 20.5. The molecular weight excluding hydrogens is 390 g/mol. The van der Waals surface area contributed by atoms with Gasteiger partial charge in [-0.2, -0.15) is 0 Å². The quantitative estimate of drug-likeness (QED) is 0.580. The van der Waals surface area contributed by atoms with Crippen LogP contribution in [-0.4, -0.2) is 32.2 Å². The van der Waals surface area contributed by atoms with Crippen LogP contribution in [0.15, 0.2) is 36.4 Å². The second-order valence-electron chi connectivity index (χ2n) is 6.30. The normalized spacial score (nSPS) is 10.4. The van der Waals surface area contributed by atoms with E-state index in [0.717, 1.165) is 11.3 Å². The maximum Gasteiger partial charge on any atom is 0.267 e. The van der Waals surface area contributed by atoms with E-state index in [9.17, 15) is 4.79 Å². The van der Waals surface area contributed by atoms with E-state index in [1.807, 2.05) is 38.1 Å². The third kappa shape index (κ3) is 4.60. The molecule has 2 N–H and O–H groups in total. The smallest absolute Gasteiger partial charge is 0.267 e.